The number of rotatable bonds is 4. The van der Waals surface area contributed by atoms with Crippen molar-refractivity contribution in [1.82, 2.24) is 10.2 Å². The Morgan fingerprint density at radius 2 is 1.83 bits per heavy atom. The molecule has 30 heavy (non-hydrogen) atoms. The molecule has 1 aromatic carbocycles. The summed E-state index contributed by atoms with van der Waals surface area (Å²) in [4.78, 5) is 41.1. The normalized spacial score (nSPS) is 24.2. The number of carbonyl (C=O) groups excluding carboxylic acids is 3. The largest absolute Gasteiger partial charge is 0.325 e. The van der Waals surface area contributed by atoms with E-state index in [9.17, 15) is 14.4 Å². The van der Waals surface area contributed by atoms with Crippen LogP contribution in [0.4, 0.5) is 4.79 Å². The molecular formula is C24H26N2O3S. The van der Waals surface area contributed by atoms with Crippen LogP contribution in [0.5, 0.6) is 0 Å². The topological polar surface area (TPSA) is 66.5 Å². The highest BCUT2D eigenvalue weighted by Gasteiger charge is 2.54. The predicted octanol–water partition coefficient (Wildman–Crippen LogP) is 4.76. The number of carbonyl (C=O) groups is 3. The van der Waals surface area contributed by atoms with Crippen molar-refractivity contribution in [3.05, 3.63) is 57.3 Å². The monoisotopic (exact) mass is 422 g/mol. The second-order valence-electron chi connectivity index (χ2n) is 8.72. The summed E-state index contributed by atoms with van der Waals surface area (Å²) in [7, 11) is 0. The average Bonchev–Trinajstić information content (AvgIpc) is 3.35. The fourth-order valence-electron chi connectivity index (χ4n) is 5.30. The molecule has 0 radical (unpaired) electrons. The molecule has 1 aromatic heterocycles. The molecule has 1 spiro atoms. The highest BCUT2D eigenvalue weighted by atomic mass is 32.1. The minimum Gasteiger partial charge on any atom is -0.319 e. The number of benzene rings is 1. The summed E-state index contributed by atoms with van der Waals surface area (Å²) in [5.74, 6) is 0.0888. The van der Waals surface area contributed by atoms with Gasteiger partial charge in [-0.15, -0.1) is 11.3 Å². The van der Waals surface area contributed by atoms with Crippen LogP contribution in [0.2, 0.25) is 0 Å². The number of Topliss-reactive ketones (excluding diaryl/α,β-unsaturated/α-hetero) is 1. The molecule has 2 aromatic rings. The summed E-state index contributed by atoms with van der Waals surface area (Å²) in [5.41, 5.74) is 1.75. The Balaban J connectivity index is 1.32. The highest BCUT2D eigenvalue weighted by molar-refractivity contribution is 7.10. The number of aryl methyl sites for hydroxylation is 1. The molecule has 3 amide bonds. The van der Waals surface area contributed by atoms with Crippen LogP contribution < -0.4 is 5.32 Å². The van der Waals surface area contributed by atoms with Gasteiger partial charge in [0, 0.05) is 16.0 Å². The zero-order valence-electron chi connectivity index (χ0n) is 17.0. The summed E-state index contributed by atoms with van der Waals surface area (Å²) in [6, 6.07) is 9.24. The summed E-state index contributed by atoms with van der Waals surface area (Å²) in [6.07, 6.45) is 8.64. The third kappa shape index (κ3) is 3.18. The first kappa shape index (κ1) is 19.5. The van der Waals surface area contributed by atoms with Crippen molar-refractivity contribution in [2.75, 3.05) is 6.54 Å². The molecule has 6 heteroatoms. The molecule has 5 rings (SSSR count). The van der Waals surface area contributed by atoms with Crippen molar-refractivity contribution in [1.29, 1.82) is 0 Å². The maximum Gasteiger partial charge on any atom is 0.325 e. The van der Waals surface area contributed by atoms with Crippen LogP contribution in [-0.2, 0) is 16.8 Å². The first-order chi connectivity index (χ1) is 14.6. The Labute approximate surface area is 180 Å². The molecular weight excluding hydrogens is 396 g/mol. The van der Waals surface area contributed by atoms with Crippen LogP contribution in [0.15, 0.2) is 35.7 Å². The van der Waals surface area contributed by atoms with Crippen LogP contribution in [0.3, 0.4) is 0 Å². The molecule has 3 aliphatic rings. The fraction of sp³-hybridized carbons (Fsp3) is 0.458. The molecule has 0 bridgehead atoms. The van der Waals surface area contributed by atoms with E-state index < -0.39 is 11.6 Å². The van der Waals surface area contributed by atoms with E-state index in [0.717, 1.165) is 28.2 Å². The van der Waals surface area contributed by atoms with E-state index in [1.165, 1.54) is 37.7 Å². The highest BCUT2D eigenvalue weighted by Crippen LogP contribution is 2.42. The van der Waals surface area contributed by atoms with Crippen molar-refractivity contribution in [3.8, 4) is 0 Å². The molecule has 1 N–H and O–H groups in total. The van der Waals surface area contributed by atoms with Gasteiger partial charge in [-0.05, 0) is 55.0 Å². The van der Waals surface area contributed by atoms with Crippen molar-refractivity contribution in [2.24, 2.45) is 0 Å². The summed E-state index contributed by atoms with van der Waals surface area (Å²) in [5, 5.41) is 4.88. The Morgan fingerprint density at radius 1 is 1.07 bits per heavy atom. The summed E-state index contributed by atoms with van der Waals surface area (Å²) in [6.45, 7) is -0.214. The minimum absolute atomic E-state index is 0.202. The van der Waals surface area contributed by atoms with Gasteiger partial charge < -0.3 is 5.32 Å². The van der Waals surface area contributed by atoms with Gasteiger partial charge in [-0.25, -0.2) is 4.79 Å². The Bertz CT molecular complexity index is 990. The van der Waals surface area contributed by atoms with E-state index in [2.05, 4.69) is 5.32 Å². The van der Waals surface area contributed by atoms with Gasteiger partial charge in [-0.3, -0.25) is 14.5 Å². The third-order valence-electron chi connectivity index (χ3n) is 6.95. The third-order valence-corrected chi connectivity index (χ3v) is 7.93. The van der Waals surface area contributed by atoms with E-state index >= 15 is 0 Å². The van der Waals surface area contributed by atoms with Crippen LogP contribution in [0, 0.1) is 0 Å². The van der Waals surface area contributed by atoms with Gasteiger partial charge in [0.15, 0.2) is 5.78 Å². The lowest BCUT2D eigenvalue weighted by atomic mass is 9.80. The SMILES string of the molecule is O=C(CN1C(=O)N[C@@]2(CCCc3sccc32)C1=O)c1ccc(C2CCCCC2)cc1. The Kier molecular flexibility index (Phi) is 4.97. The Morgan fingerprint density at radius 3 is 2.60 bits per heavy atom. The van der Waals surface area contributed by atoms with Crippen molar-refractivity contribution < 1.29 is 14.4 Å². The van der Waals surface area contributed by atoms with E-state index in [-0.39, 0.29) is 18.2 Å². The number of nitrogens with one attached hydrogen (secondary N) is 1. The number of hydrogen-bond donors (Lipinski definition) is 1. The van der Waals surface area contributed by atoms with E-state index in [0.29, 0.717) is 17.9 Å². The van der Waals surface area contributed by atoms with Crippen LogP contribution in [0.1, 0.15) is 77.2 Å². The zero-order chi connectivity index (χ0) is 20.7. The number of hydrogen-bond acceptors (Lipinski definition) is 4. The summed E-state index contributed by atoms with van der Waals surface area (Å²) >= 11 is 1.63. The molecule has 2 fully saturated rings. The average molecular weight is 423 g/mol. The van der Waals surface area contributed by atoms with Gasteiger partial charge in [0.25, 0.3) is 5.91 Å². The molecule has 1 saturated heterocycles. The number of fused-ring (bicyclic) bond motifs is 2. The quantitative estimate of drug-likeness (QED) is 0.570. The number of imide groups is 1. The van der Waals surface area contributed by atoms with E-state index in [1.807, 2.05) is 35.7 Å². The standard InChI is InChI=1S/C24H26N2O3S/c27-20(18-10-8-17(9-11-18)16-5-2-1-3-6-16)15-26-22(28)24(25-23(26)29)13-4-7-21-19(24)12-14-30-21/h8-12,14,16H,1-7,13,15H2,(H,25,29)/t24-/m1/s1. The lowest BCUT2D eigenvalue weighted by molar-refractivity contribution is -0.131. The molecule has 1 atom stereocenters. The minimum atomic E-state index is -0.990. The van der Waals surface area contributed by atoms with Crippen LogP contribution in [0.25, 0.3) is 0 Å². The lowest BCUT2D eigenvalue weighted by Crippen LogP contribution is -2.46. The smallest absolute Gasteiger partial charge is 0.319 e. The van der Waals surface area contributed by atoms with Crippen LogP contribution >= 0.6 is 11.3 Å². The maximum absolute atomic E-state index is 13.3. The molecule has 2 aliphatic carbocycles. The molecule has 1 saturated carbocycles. The predicted molar refractivity (Wildman–Crippen MR) is 116 cm³/mol. The number of amides is 3. The zero-order valence-corrected chi connectivity index (χ0v) is 17.8. The molecule has 5 nitrogen and oxygen atoms in total. The second-order valence-corrected chi connectivity index (χ2v) is 9.72. The number of nitrogens with zero attached hydrogens (tertiary/aromatic N) is 1. The molecule has 0 unspecified atom stereocenters. The van der Waals surface area contributed by atoms with Gasteiger partial charge in [-0.2, -0.15) is 0 Å². The first-order valence-electron chi connectivity index (χ1n) is 10.9. The molecule has 2 heterocycles. The molecule has 156 valence electrons. The van der Waals surface area contributed by atoms with Crippen molar-refractivity contribution in [2.45, 2.75) is 62.8 Å². The number of urea groups is 1. The molecule has 1 aliphatic heterocycles. The van der Waals surface area contributed by atoms with Gasteiger partial charge >= 0.3 is 6.03 Å². The first-order valence-corrected chi connectivity index (χ1v) is 11.8. The number of ketones is 1. The fourth-order valence-corrected chi connectivity index (χ4v) is 6.30. The maximum atomic E-state index is 13.3. The summed E-state index contributed by atoms with van der Waals surface area (Å²) < 4.78 is 0. The van der Waals surface area contributed by atoms with Gasteiger partial charge in [0.05, 0.1) is 6.54 Å². The van der Waals surface area contributed by atoms with E-state index in [1.54, 1.807) is 11.3 Å². The van der Waals surface area contributed by atoms with Crippen LogP contribution in [-0.4, -0.2) is 29.2 Å². The van der Waals surface area contributed by atoms with Gasteiger partial charge in [0.1, 0.15) is 5.54 Å². The van der Waals surface area contributed by atoms with Gasteiger partial charge in [0.2, 0.25) is 0 Å². The van der Waals surface area contributed by atoms with Gasteiger partial charge in [-0.1, -0.05) is 43.5 Å². The second kappa shape index (κ2) is 7.65. The number of thiophene rings is 1. The van der Waals surface area contributed by atoms with Crippen molar-refractivity contribution >= 4 is 29.1 Å². The Hall–Kier alpha value is -2.47. The lowest BCUT2D eigenvalue weighted by Gasteiger charge is -2.31. The van der Waals surface area contributed by atoms with E-state index in [4.69, 9.17) is 0 Å². The van der Waals surface area contributed by atoms with Crippen molar-refractivity contribution in [3.63, 3.8) is 0 Å².